The minimum absolute atomic E-state index is 0.0537. The van der Waals surface area contributed by atoms with Crippen LogP contribution in [-0.4, -0.2) is 14.2 Å². The van der Waals surface area contributed by atoms with Gasteiger partial charge >= 0.3 is 0 Å². The van der Waals surface area contributed by atoms with Gasteiger partial charge in [-0.05, 0) is 18.4 Å². The fraction of sp³-hybridized carbons (Fsp3) is 0.333. The molecule has 71 valence electrons. The molecular weight excluding hydrogens is 186 g/mol. The number of benzene rings is 1. The topological polar surface area (TPSA) is 57.9 Å². The van der Waals surface area contributed by atoms with Crippen molar-refractivity contribution in [1.82, 2.24) is 5.14 Å². The third-order valence-corrected chi connectivity index (χ3v) is 2.55. The molecule has 0 bridgehead atoms. The van der Waals surface area contributed by atoms with Crippen molar-refractivity contribution in [2.45, 2.75) is 12.8 Å². The zero-order chi connectivity index (χ0) is 9.73. The van der Waals surface area contributed by atoms with Gasteiger partial charge in [-0.25, -0.2) is 8.42 Å². The Hall–Kier alpha value is -0.870. The standard InChI is InChI=1S/C9H12NO2S/c10-13(11,12)8-4-7-9-5-2-1-3-6-9/h1-3,5-6,10H,4,7-8H2. The first-order valence-corrected chi connectivity index (χ1v) is 5.74. The third kappa shape index (κ3) is 4.65. The second kappa shape index (κ2) is 4.39. The maximum atomic E-state index is 10.5. The summed E-state index contributed by atoms with van der Waals surface area (Å²) < 4.78 is 21.0. The van der Waals surface area contributed by atoms with Crippen LogP contribution >= 0.6 is 0 Å². The van der Waals surface area contributed by atoms with Crippen molar-refractivity contribution in [3.63, 3.8) is 0 Å². The van der Waals surface area contributed by atoms with Gasteiger partial charge in [0.2, 0.25) is 10.0 Å². The molecule has 1 radical (unpaired) electrons. The van der Waals surface area contributed by atoms with E-state index in [4.69, 9.17) is 5.14 Å². The molecule has 1 aromatic rings. The molecule has 0 fully saturated rings. The number of hydrogen-bond donors (Lipinski definition) is 0. The summed E-state index contributed by atoms with van der Waals surface area (Å²) in [7, 11) is -3.54. The van der Waals surface area contributed by atoms with Crippen molar-refractivity contribution in [2.75, 3.05) is 5.75 Å². The average Bonchev–Trinajstić information content (AvgIpc) is 2.04. The van der Waals surface area contributed by atoms with Crippen LogP contribution in [0.5, 0.6) is 0 Å². The molecule has 0 amide bonds. The molecule has 1 N–H and O–H groups in total. The van der Waals surface area contributed by atoms with E-state index < -0.39 is 10.0 Å². The maximum Gasteiger partial charge on any atom is 0.225 e. The predicted octanol–water partition coefficient (Wildman–Crippen LogP) is 1.23. The third-order valence-electron chi connectivity index (χ3n) is 1.72. The van der Waals surface area contributed by atoms with E-state index in [1.807, 2.05) is 30.3 Å². The van der Waals surface area contributed by atoms with Gasteiger partial charge in [-0.2, -0.15) is 0 Å². The zero-order valence-corrected chi connectivity index (χ0v) is 8.05. The lowest BCUT2D eigenvalue weighted by molar-refractivity contribution is 0.593. The molecule has 0 aliphatic carbocycles. The Labute approximate surface area is 78.6 Å². The van der Waals surface area contributed by atoms with Crippen molar-refractivity contribution >= 4 is 10.0 Å². The maximum absolute atomic E-state index is 10.5. The molecule has 0 saturated carbocycles. The Morgan fingerprint density at radius 2 is 1.77 bits per heavy atom. The summed E-state index contributed by atoms with van der Waals surface area (Å²) in [5, 5.41) is 6.67. The lowest BCUT2D eigenvalue weighted by Crippen LogP contribution is -2.06. The summed E-state index contributed by atoms with van der Waals surface area (Å²) in [5.41, 5.74) is 1.12. The van der Waals surface area contributed by atoms with Crippen LogP contribution in [0.25, 0.3) is 0 Å². The Balaban J connectivity index is 2.37. The van der Waals surface area contributed by atoms with Crippen molar-refractivity contribution in [3.8, 4) is 0 Å². The van der Waals surface area contributed by atoms with Gasteiger partial charge in [-0.3, -0.25) is 0 Å². The van der Waals surface area contributed by atoms with E-state index in [0.29, 0.717) is 6.42 Å². The monoisotopic (exact) mass is 198 g/mol. The first kappa shape index (κ1) is 10.2. The Morgan fingerprint density at radius 1 is 1.15 bits per heavy atom. The largest absolute Gasteiger partial charge is 0.225 e. The Kier molecular flexibility index (Phi) is 3.45. The molecule has 13 heavy (non-hydrogen) atoms. The van der Waals surface area contributed by atoms with E-state index in [1.165, 1.54) is 0 Å². The minimum atomic E-state index is -3.54. The number of aryl methyl sites for hydroxylation is 1. The number of hydrogen-bond acceptors (Lipinski definition) is 2. The second-order valence-electron chi connectivity index (χ2n) is 2.91. The SMILES string of the molecule is [NH]S(=O)(=O)CCCc1ccccc1. The molecule has 1 aromatic carbocycles. The normalized spacial score (nSPS) is 11.5. The van der Waals surface area contributed by atoms with E-state index in [-0.39, 0.29) is 5.75 Å². The van der Waals surface area contributed by atoms with Gasteiger partial charge in [0.1, 0.15) is 0 Å². The molecule has 3 nitrogen and oxygen atoms in total. The highest BCUT2D eigenvalue weighted by atomic mass is 32.2. The van der Waals surface area contributed by atoms with Crippen LogP contribution in [0, 0.1) is 0 Å². The van der Waals surface area contributed by atoms with Crippen molar-refractivity contribution in [1.29, 1.82) is 0 Å². The highest BCUT2D eigenvalue weighted by Gasteiger charge is 2.02. The molecular formula is C9H12NO2S. The van der Waals surface area contributed by atoms with E-state index in [2.05, 4.69) is 0 Å². The van der Waals surface area contributed by atoms with Crippen LogP contribution in [0.2, 0.25) is 0 Å². The summed E-state index contributed by atoms with van der Waals surface area (Å²) in [6.07, 6.45) is 1.24. The first-order valence-electron chi connectivity index (χ1n) is 4.09. The molecule has 0 atom stereocenters. The van der Waals surface area contributed by atoms with Crippen LogP contribution in [-0.2, 0) is 16.4 Å². The molecule has 0 aliphatic rings. The molecule has 0 saturated heterocycles. The fourth-order valence-electron chi connectivity index (χ4n) is 1.11. The van der Waals surface area contributed by atoms with Gasteiger partial charge in [-0.1, -0.05) is 30.3 Å². The van der Waals surface area contributed by atoms with Gasteiger partial charge in [0, 0.05) is 0 Å². The van der Waals surface area contributed by atoms with Crippen LogP contribution < -0.4 is 5.14 Å². The van der Waals surface area contributed by atoms with Gasteiger partial charge in [-0.15, -0.1) is 5.14 Å². The molecule has 0 aromatic heterocycles. The molecule has 1 rings (SSSR count). The van der Waals surface area contributed by atoms with Crippen molar-refractivity contribution in [2.24, 2.45) is 0 Å². The second-order valence-corrected chi connectivity index (χ2v) is 4.55. The van der Waals surface area contributed by atoms with Crippen molar-refractivity contribution < 1.29 is 8.42 Å². The fourth-order valence-corrected chi connectivity index (χ4v) is 1.64. The van der Waals surface area contributed by atoms with E-state index >= 15 is 0 Å². The number of sulfonamides is 1. The zero-order valence-electron chi connectivity index (χ0n) is 7.23. The van der Waals surface area contributed by atoms with Crippen molar-refractivity contribution in [3.05, 3.63) is 35.9 Å². The quantitative estimate of drug-likeness (QED) is 0.730. The van der Waals surface area contributed by atoms with Crippen LogP contribution in [0.3, 0.4) is 0 Å². The van der Waals surface area contributed by atoms with E-state index in [1.54, 1.807) is 0 Å². The smallest absolute Gasteiger partial charge is 0.211 e. The lowest BCUT2D eigenvalue weighted by atomic mass is 10.1. The van der Waals surface area contributed by atoms with E-state index in [9.17, 15) is 8.42 Å². The van der Waals surface area contributed by atoms with Crippen LogP contribution in [0.1, 0.15) is 12.0 Å². The van der Waals surface area contributed by atoms with Gasteiger partial charge < -0.3 is 0 Å². The average molecular weight is 198 g/mol. The molecule has 0 heterocycles. The van der Waals surface area contributed by atoms with Crippen LogP contribution in [0.15, 0.2) is 30.3 Å². The van der Waals surface area contributed by atoms with Gasteiger partial charge in [0.15, 0.2) is 0 Å². The predicted molar refractivity (Wildman–Crippen MR) is 51.6 cm³/mol. The summed E-state index contributed by atoms with van der Waals surface area (Å²) in [6, 6.07) is 9.67. The summed E-state index contributed by atoms with van der Waals surface area (Å²) >= 11 is 0. The number of nitrogens with one attached hydrogen (secondary N) is 1. The highest BCUT2D eigenvalue weighted by molar-refractivity contribution is 7.88. The number of rotatable bonds is 4. The van der Waals surface area contributed by atoms with Gasteiger partial charge in [0.25, 0.3) is 0 Å². The minimum Gasteiger partial charge on any atom is -0.211 e. The van der Waals surface area contributed by atoms with Gasteiger partial charge in [0.05, 0.1) is 5.75 Å². The van der Waals surface area contributed by atoms with Crippen LogP contribution in [0.4, 0.5) is 0 Å². The van der Waals surface area contributed by atoms with E-state index in [0.717, 1.165) is 12.0 Å². The lowest BCUT2D eigenvalue weighted by Gasteiger charge is -1.98. The Morgan fingerprint density at radius 3 is 2.31 bits per heavy atom. The molecule has 0 aliphatic heterocycles. The summed E-state index contributed by atoms with van der Waals surface area (Å²) in [5.74, 6) is -0.0537. The Bertz CT molecular complexity index is 345. The first-order chi connectivity index (χ1) is 6.08. The summed E-state index contributed by atoms with van der Waals surface area (Å²) in [6.45, 7) is 0. The molecule has 0 spiro atoms. The molecule has 0 unspecified atom stereocenters. The molecule has 4 heteroatoms. The summed E-state index contributed by atoms with van der Waals surface area (Å²) in [4.78, 5) is 0. The highest BCUT2D eigenvalue weighted by Crippen LogP contribution is 2.02.